The van der Waals surface area contributed by atoms with E-state index in [0.29, 0.717) is 12.4 Å². The highest BCUT2D eigenvalue weighted by molar-refractivity contribution is 5.91. The summed E-state index contributed by atoms with van der Waals surface area (Å²) in [6.07, 6.45) is 3.60. The van der Waals surface area contributed by atoms with Crippen LogP contribution in [0, 0.1) is 6.92 Å². The molecule has 0 aliphatic rings. The second-order valence-electron chi connectivity index (χ2n) is 4.30. The van der Waals surface area contributed by atoms with Crippen molar-refractivity contribution in [3.63, 3.8) is 0 Å². The summed E-state index contributed by atoms with van der Waals surface area (Å²) in [6, 6.07) is 5.12. The Kier molecular flexibility index (Phi) is 3.85. The highest BCUT2D eigenvalue weighted by atomic mass is 16.5. The molecule has 0 saturated carbocycles. The summed E-state index contributed by atoms with van der Waals surface area (Å²) >= 11 is 0. The molecule has 0 saturated heterocycles. The lowest BCUT2D eigenvalue weighted by Crippen LogP contribution is -2.03. The molecule has 0 aliphatic heterocycles. The number of ether oxygens (including phenoxy) is 1. The first-order valence-corrected chi connectivity index (χ1v) is 6.08. The first-order chi connectivity index (χ1) is 9.10. The number of aromatic carboxylic acids is 1. The van der Waals surface area contributed by atoms with Crippen molar-refractivity contribution in [2.24, 2.45) is 0 Å². The molecule has 1 heterocycles. The normalized spacial score (nSPS) is 10.4. The second kappa shape index (κ2) is 5.56. The van der Waals surface area contributed by atoms with E-state index in [1.54, 1.807) is 23.0 Å². The van der Waals surface area contributed by atoms with Gasteiger partial charge in [-0.25, -0.2) is 4.79 Å². The van der Waals surface area contributed by atoms with Gasteiger partial charge in [-0.05, 0) is 26.0 Å². The van der Waals surface area contributed by atoms with Crippen LogP contribution >= 0.6 is 0 Å². The number of rotatable bonds is 5. The van der Waals surface area contributed by atoms with Crippen molar-refractivity contribution < 1.29 is 14.6 Å². The summed E-state index contributed by atoms with van der Waals surface area (Å²) in [6.45, 7) is 4.95. The van der Waals surface area contributed by atoms with Crippen molar-refractivity contribution in [1.82, 2.24) is 9.78 Å². The minimum absolute atomic E-state index is 0.183. The number of aryl methyl sites for hydroxylation is 2. The van der Waals surface area contributed by atoms with Crippen molar-refractivity contribution in [1.29, 1.82) is 0 Å². The second-order valence-corrected chi connectivity index (χ2v) is 4.30. The van der Waals surface area contributed by atoms with E-state index in [9.17, 15) is 4.79 Å². The average molecular weight is 260 g/mol. The van der Waals surface area contributed by atoms with E-state index in [0.717, 1.165) is 17.7 Å². The van der Waals surface area contributed by atoms with Gasteiger partial charge in [-0.1, -0.05) is 11.6 Å². The third-order valence-corrected chi connectivity index (χ3v) is 2.77. The topological polar surface area (TPSA) is 64.3 Å². The largest absolute Gasteiger partial charge is 0.488 e. The van der Waals surface area contributed by atoms with Crippen LogP contribution in [0.4, 0.5) is 0 Å². The molecule has 0 atom stereocenters. The maximum Gasteiger partial charge on any atom is 0.339 e. The zero-order chi connectivity index (χ0) is 13.8. The van der Waals surface area contributed by atoms with Gasteiger partial charge < -0.3 is 9.84 Å². The fraction of sp³-hybridized carbons (Fsp3) is 0.286. The molecule has 0 unspecified atom stereocenters. The van der Waals surface area contributed by atoms with Crippen LogP contribution in [0.3, 0.4) is 0 Å². The van der Waals surface area contributed by atoms with E-state index in [1.807, 2.05) is 26.1 Å². The Morgan fingerprint density at radius 1 is 1.47 bits per heavy atom. The van der Waals surface area contributed by atoms with Crippen LogP contribution in [0.2, 0.25) is 0 Å². The molecule has 1 N–H and O–H groups in total. The summed E-state index contributed by atoms with van der Waals surface area (Å²) in [4.78, 5) is 11.1. The molecule has 0 bridgehead atoms. The quantitative estimate of drug-likeness (QED) is 0.897. The molecule has 19 heavy (non-hydrogen) atoms. The summed E-state index contributed by atoms with van der Waals surface area (Å²) in [7, 11) is 0. The minimum atomic E-state index is -0.983. The molecule has 1 aromatic carbocycles. The molecule has 2 aromatic rings. The Labute approximate surface area is 111 Å². The maximum atomic E-state index is 11.1. The van der Waals surface area contributed by atoms with Gasteiger partial charge in [0.1, 0.15) is 17.9 Å². The van der Waals surface area contributed by atoms with Crippen LogP contribution < -0.4 is 4.74 Å². The van der Waals surface area contributed by atoms with Crippen LogP contribution in [0.1, 0.15) is 28.4 Å². The lowest BCUT2D eigenvalue weighted by atomic mass is 10.1. The summed E-state index contributed by atoms with van der Waals surface area (Å²) < 4.78 is 7.36. The van der Waals surface area contributed by atoms with Crippen molar-refractivity contribution >= 4 is 5.97 Å². The molecule has 0 aliphatic carbocycles. The Hall–Kier alpha value is -2.30. The summed E-state index contributed by atoms with van der Waals surface area (Å²) in [5.74, 6) is -0.606. The smallest absolute Gasteiger partial charge is 0.339 e. The molecule has 100 valence electrons. The summed E-state index contributed by atoms with van der Waals surface area (Å²) in [5, 5.41) is 13.3. The molecule has 5 nitrogen and oxygen atoms in total. The fourth-order valence-electron chi connectivity index (χ4n) is 1.75. The summed E-state index contributed by atoms with van der Waals surface area (Å²) in [5.41, 5.74) is 1.99. The Balaban J connectivity index is 2.12. The number of hydrogen-bond acceptors (Lipinski definition) is 3. The zero-order valence-electron chi connectivity index (χ0n) is 11.0. The van der Waals surface area contributed by atoms with Gasteiger partial charge in [-0.2, -0.15) is 5.10 Å². The van der Waals surface area contributed by atoms with Crippen LogP contribution in [0.15, 0.2) is 30.6 Å². The monoisotopic (exact) mass is 260 g/mol. The van der Waals surface area contributed by atoms with Gasteiger partial charge in [0.15, 0.2) is 0 Å². The molecule has 0 spiro atoms. The van der Waals surface area contributed by atoms with Gasteiger partial charge in [-0.3, -0.25) is 4.68 Å². The van der Waals surface area contributed by atoms with Crippen molar-refractivity contribution in [3.8, 4) is 5.75 Å². The number of benzene rings is 1. The third-order valence-electron chi connectivity index (χ3n) is 2.77. The van der Waals surface area contributed by atoms with Crippen molar-refractivity contribution in [2.45, 2.75) is 27.0 Å². The Bertz CT molecular complexity index is 590. The predicted octanol–water partition coefficient (Wildman–Crippen LogP) is 2.49. The first kappa shape index (κ1) is 13.1. The van der Waals surface area contributed by atoms with Crippen molar-refractivity contribution in [3.05, 3.63) is 47.3 Å². The number of carbonyl (C=O) groups is 1. The zero-order valence-corrected chi connectivity index (χ0v) is 11.0. The van der Waals surface area contributed by atoms with Crippen molar-refractivity contribution in [2.75, 3.05) is 0 Å². The van der Waals surface area contributed by atoms with Gasteiger partial charge in [0, 0.05) is 18.3 Å². The minimum Gasteiger partial charge on any atom is -0.488 e. The van der Waals surface area contributed by atoms with Gasteiger partial charge in [0.25, 0.3) is 0 Å². The van der Waals surface area contributed by atoms with Crippen LogP contribution in [0.25, 0.3) is 0 Å². The number of carboxylic acids is 1. The molecular weight excluding hydrogens is 244 g/mol. The molecule has 1 aromatic heterocycles. The lowest BCUT2D eigenvalue weighted by Gasteiger charge is -2.08. The van der Waals surface area contributed by atoms with E-state index in [4.69, 9.17) is 9.84 Å². The Morgan fingerprint density at radius 3 is 2.89 bits per heavy atom. The molecular formula is C14H16N2O3. The van der Waals surface area contributed by atoms with E-state index >= 15 is 0 Å². The number of aromatic nitrogens is 2. The van der Waals surface area contributed by atoms with E-state index in [-0.39, 0.29) is 5.56 Å². The molecule has 5 heteroatoms. The molecule has 0 radical (unpaired) electrons. The van der Waals surface area contributed by atoms with Crippen LogP contribution in [0.5, 0.6) is 5.75 Å². The predicted molar refractivity (Wildman–Crippen MR) is 70.4 cm³/mol. The van der Waals surface area contributed by atoms with Gasteiger partial charge >= 0.3 is 5.97 Å². The van der Waals surface area contributed by atoms with Gasteiger partial charge in [-0.15, -0.1) is 0 Å². The standard InChI is InChI=1S/C14H16N2O3/c1-3-16-8-11(7-15-16)9-19-13-5-4-10(2)6-12(13)14(17)18/h4-8H,3,9H2,1-2H3,(H,17,18). The van der Waals surface area contributed by atoms with Gasteiger partial charge in [0.2, 0.25) is 0 Å². The lowest BCUT2D eigenvalue weighted by molar-refractivity contribution is 0.0691. The van der Waals surface area contributed by atoms with Crippen LogP contribution in [-0.4, -0.2) is 20.9 Å². The third kappa shape index (κ3) is 3.13. The SMILES string of the molecule is CCn1cc(COc2ccc(C)cc2C(=O)O)cn1. The Morgan fingerprint density at radius 2 is 2.26 bits per heavy atom. The number of hydrogen-bond donors (Lipinski definition) is 1. The van der Waals surface area contributed by atoms with E-state index < -0.39 is 5.97 Å². The molecule has 0 fully saturated rings. The van der Waals surface area contributed by atoms with E-state index in [1.165, 1.54) is 0 Å². The highest BCUT2D eigenvalue weighted by Crippen LogP contribution is 2.21. The number of carboxylic acid groups (broad SMARTS) is 1. The number of nitrogens with zero attached hydrogens (tertiary/aromatic N) is 2. The van der Waals surface area contributed by atoms with E-state index in [2.05, 4.69) is 5.10 Å². The molecule has 2 rings (SSSR count). The fourth-order valence-corrected chi connectivity index (χ4v) is 1.75. The molecule has 0 amide bonds. The average Bonchev–Trinajstić information content (AvgIpc) is 2.85. The van der Waals surface area contributed by atoms with Gasteiger partial charge in [0.05, 0.1) is 6.20 Å². The van der Waals surface area contributed by atoms with Crippen LogP contribution in [-0.2, 0) is 13.2 Å². The first-order valence-electron chi connectivity index (χ1n) is 6.08. The maximum absolute atomic E-state index is 11.1. The highest BCUT2D eigenvalue weighted by Gasteiger charge is 2.11.